The van der Waals surface area contributed by atoms with Crippen LogP contribution < -0.4 is 5.32 Å². The quantitative estimate of drug-likeness (QED) is 0.901. The smallest absolute Gasteiger partial charge is 0.175 e. The van der Waals surface area contributed by atoms with Crippen LogP contribution in [0, 0.1) is 0 Å². The molecule has 2 rings (SSSR count). The van der Waals surface area contributed by atoms with Gasteiger partial charge in [-0.15, -0.1) is 0 Å². The summed E-state index contributed by atoms with van der Waals surface area (Å²) in [6.07, 6.45) is 2.16. The highest BCUT2D eigenvalue weighted by Crippen LogP contribution is 2.24. The van der Waals surface area contributed by atoms with Crippen molar-refractivity contribution in [2.45, 2.75) is 36.8 Å². The molecule has 0 saturated carbocycles. The molecule has 5 heteroatoms. The summed E-state index contributed by atoms with van der Waals surface area (Å²) in [4.78, 5) is 0.346. The zero-order chi connectivity index (χ0) is 14.1. The zero-order valence-electron chi connectivity index (χ0n) is 11.6. The molecule has 1 aliphatic heterocycles. The van der Waals surface area contributed by atoms with E-state index in [0.717, 1.165) is 18.5 Å². The molecule has 0 amide bonds. The van der Waals surface area contributed by atoms with Crippen LogP contribution in [0.1, 0.15) is 31.9 Å². The van der Waals surface area contributed by atoms with E-state index >= 15 is 0 Å². The summed E-state index contributed by atoms with van der Waals surface area (Å²) in [7, 11) is -3.13. The Morgan fingerprint density at radius 2 is 1.89 bits per heavy atom. The van der Waals surface area contributed by atoms with Gasteiger partial charge in [0.2, 0.25) is 0 Å². The molecule has 0 radical (unpaired) electrons. The summed E-state index contributed by atoms with van der Waals surface area (Å²) >= 11 is 0. The number of hydrogen-bond donors (Lipinski definition) is 1. The van der Waals surface area contributed by atoms with E-state index in [0.29, 0.717) is 11.5 Å². The predicted molar refractivity (Wildman–Crippen MR) is 74.9 cm³/mol. The molecule has 1 N–H and O–H groups in total. The number of rotatable bonds is 2. The van der Waals surface area contributed by atoms with Crippen LogP contribution in [0.5, 0.6) is 0 Å². The van der Waals surface area contributed by atoms with Gasteiger partial charge < -0.3 is 10.1 Å². The molecule has 1 unspecified atom stereocenters. The number of benzene rings is 1. The second-order valence-corrected chi connectivity index (χ2v) is 7.73. The van der Waals surface area contributed by atoms with Crippen LogP contribution >= 0.6 is 0 Å². The maximum atomic E-state index is 11.4. The maximum Gasteiger partial charge on any atom is 0.175 e. The van der Waals surface area contributed by atoms with Gasteiger partial charge in [-0.2, -0.15) is 0 Å². The molecular weight excluding hydrogens is 262 g/mol. The van der Waals surface area contributed by atoms with Crippen molar-refractivity contribution in [2.75, 3.05) is 19.4 Å². The average molecular weight is 283 g/mol. The first-order chi connectivity index (χ1) is 8.78. The van der Waals surface area contributed by atoms with Crippen LogP contribution in [0.3, 0.4) is 0 Å². The molecule has 0 aromatic heterocycles. The fraction of sp³-hybridized carbons (Fsp3) is 0.571. The van der Waals surface area contributed by atoms with E-state index in [9.17, 15) is 8.42 Å². The first-order valence-electron chi connectivity index (χ1n) is 6.45. The van der Waals surface area contributed by atoms with Crippen LogP contribution in [0.4, 0.5) is 0 Å². The van der Waals surface area contributed by atoms with Crippen molar-refractivity contribution in [1.82, 2.24) is 5.32 Å². The predicted octanol–water partition coefficient (Wildman–Crippen LogP) is 1.92. The fourth-order valence-electron chi connectivity index (χ4n) is 2.12. The second kappa shape index (κ2) is 5.23. The fourth-order valence-corrected chi connectivity index (χ4v) is 2.75. The van der Waals surface area contributed by atoms with Crippen molar-refractivity contribution in [2.24, 2.45) is 0 Å². The lowest BCUT2D eigenvalue weighted by Gasteiger charge is -2.23. The third kappa shape index (κ3) is 3.78. The molecule has 1 fully saturated rings. The molecular formula is C14H21NO3S. The highest BCUT2D eigenvalue weighted by atomic mass is 32.2. The van der Waals surface area contributed by atoms with E-state index in [4.69, 9.17) is 4.74 Å². The number of hydrogen-bond acceptors (Lipinski definition) is 4. The Bertz CT molecular complexity index is 534. The molecule has 106 valence electrons. The van der Waals surface area contributed by atoms with E-state index in [1.54, 1.807) is 12.1 Å². The Labute approximate surface area is 115 Å². The van der Waals surface area contributed by atoms with Gasteiger partial charge in [0.05, 0.1) is 11.0 Å². The Balaban J connectivity index is 2.14. The zero-order valence-corrected chi connectivity index (χ0v) is 12.5. The van der Waals surface area contributed by atoms with E-state index in [2.05, 4.69) is 19.2 Å². The number of nitrogens with one attached hydrogen (secondary N) is 1. The minimum absolute atomic E-state index is 0.0182. The molecule has 0 spiro atoms. The molecule has 1 aromatic carbocycles. The van der Waals surface area contributed by atoms with Gasteiger partial charge in [-0.1, -0.05) is 12.1 Å². The molecule has 1 aromatic rings. The highest BCUT2D eigenvalue weighted by molar-refractivity contribution is 7.90. The topological polar surface area (TPSA) is 55.4 Å². The van der Waals surface area contributed by atoms with E-state index in [1.165, 1.54) is 6.26 Å². The largest absolute Gasteiger partial charge is 0.372 e. The van der Waals surface area contributed by atoms with E-state index in [1.807, 2.05) is 12.1 Å². The van der Waals surface area contributed by atoms with Crippen molar-refractivity contribution < 1.29 is 13.2 Å². The lowest BCUT2D eigenvalue weighted by atomic mass is 10.0. The Hall–Kier alpha value is -0.910. The minimum atomic E-state index is -3.13. The minimum Gasteiger partial charge on any atom is -0.372 e. The van der Waals surface area contributed by atoms with Gasteiger partial charge >= 0.3 is 0 Å². The van der Waals surface area contributed by atoms with Gasteiger partial charge in [0.15, 0.2) is 9.84 Å². The van der Waals surface area contributed by atoms with Gasteiger partial charge in [0.25, 0.3) is 0 Å². The van der Waals surface area contributed by atoms with Crippen LogP contribution in [-0.4, -0.2) is 33.4 Å². The van der Waals surface area contributed by atoms with Gasteiger partial charge in [-0.3, -0.25) is 0 Å². The third-order valence-corrected chi connectivity index (χ3v) is 4.62. The normalized spacial score (nSPS) is 23.8. The third-order valence-electron chi connectivity index (χ3n) is 3.49. The lowest BCUT2D eigenvalue weighted by Crippen LogP contribution is -2.39. The Morgan fingerprint density at radius 3 is 2.47 bits per heavy atom. The molecule has 4 nitrogen and oxygen atoms in total. The Morgan fingerprint density at radius 1 is 1.26 bits per heavy atom. The van der Waals surface area contributed by atoms with Crippen LogP contribution in [0.25, 0.3) is 0 Å². The highest BCUT2D eigenvalue weighted by Gasteiger charge is 2.24. The van der Waals surface area contributed by atoms with Crippen molar-refractivity contribution in [3.63, 3.8) is 0 Å². The van der Waals surface area contributed by atoms with Crippen molar-refractivity contribution in [3.05, 3.63) is 29.8 Å². The summed E-state index contributed by atoms with van der Waals surface area (Å²) in [5.41, 5.74) is 1.10. The molecule has 1 heterocycles. The molecule has 19 heavy (non-hydrogen) atoms. The van der Waals surface area contributed by atoms with Gasteiger partial charge in [-0.25, -0.2) is 8.42 Å². The monoisotopic (exact) mass is 283 g/mol. The van der Waals surface area contributed by atoms with Gasteiger partial charge in [-0.05, 0) is 38.0 Å². The summed E-state index contributed by atoms with van der Waals surface area (Å²) in [5.74, 6) is 0. The van der Waals surface area contributed by atoms with E-state index in [-0.39, 0.29) is 11.6 Å². The van der Waals surface area contributed by atoms with Crippen molar-refractivity contribution in [1.29, 1.82) is 0 Å². The SMILES string of the molecule is CC1(C)CCOC(c2ccc(S(C)(=O)=O)cc2)CN1. The average Bonchev–Trinajstić information content (AvgIpc) is 2.49. The van der Waals surface area contributed by atoms with Crippen LogP contribution in [-0.2, 0) is 14.6 Å². The Kier molecular flexibility index (Phi) is 3.99. The molecule has 1 atom stereocenters. The molecule has 0 bridgehead atoms. The first kappa shape index (κ1) is 14.5. The summed E-state index contributed by atoms with van der Waals surface area (Å²) in [6, 6.07) is 6.95. The van der Waals surface area contributed by atoms with Gasteiger partial charge in [0, 0.05) is 24.9 Å². The summed E-state index contributed by atoms with van der Waals surface area (Å²) in [5, 5.41) is 3.47. The molecule has 0 aliphatic carbocycles. The lowest BCUT2D eigenvalue weighted by molar-refractivity contribution is 0.0656. The summed E-state index contributed by atoms with van der Waals surface area (Å²) in [6.45, 7) is 5.76. The number of sulfone groups is 1. The van der Waals surface area contributed by atoms with Crippen LogP contribution in [0.15, 0.2) is 29.2 Å². The van der Waals surface area contributed by atoms with E-state index < -0.39 is 9.84 Å². The molecule has 1 saturated heterocycles. The van der Waals surface area contributed by atoms with Crippen molar-refractivity contribution in [3.8, 4) is 0 Å². The maximum absolute atomic E-state index is 11.4. The van der Waals surface area contributed by atoms with Crippen molar-refractivity contribution >= 4 is 9.84 Å². The van der Waals surface area contributed by atoms with Gasteiger partial charge in [0.1, 0.15) is 0 Å². The second-order valence-electron chi connectivity index (χ2n) is 5.72. The summed E-state index contributed by atoms with van der Waals surface area (Å²) < 4.78 is 28.7. The number of ether oxygens (including phenoxy) is 1. The first-order valence-corrected chi connectivity index (χ1v) is 8.34. The van der Waals surface area contributed by atoms with Crippen LogP contribution in [0.2, 0.25) is 0 Å². The molecule has 1 aliphatic rings. The standard InChI is InChI=1S/C14H21NO3S/c1-14(2)8-9-18-13(10-15-14)11-4-6-12(7-5-11)19(3,16)17/h4-7,13,15H,8-10H2,1-3H3.